The summed E-state index contributed by atoms with van der Waals surface area (Å²) in [4.78, 5) is 11.8. The van der Waals surface area contributed by atoms with Crippen LogP contribution in [-0.4, -0.2) is 25.5 Å². The van der Waals surface area contributed by atoms with Gasteiger partial charge in [-0.05, 0) is 56.0 Å². The molecule has 3 nitrogen and oxygen atoms in total. The van der Waals surface area contributed by atoms with E-state index >= 15 is 0 Å². The summed E-state index contributed by atoms with van der Waals surface area (Å²) < 4.78 is 1.02. The van der Waals surface area contributed by atoms with Gasteiger partial charge in [-0.2, -0.15) is 0 Å². The summed E-state index contributed by atoms with van der Waals surface area (Å²) in [6.45, 7) is 3.03. The first kappa shape index (κ1) is 14.5. The number of carbonyl (C=O) groups is 1. The predicted molar refractivity (Wildman–Crippen MR) is 81.1 cm³/mol. The van der Waals surface area contributed by atoms with Crippen LogP contribution in [0.2, 0.25) is 0 Å². The fraction of sp³-hybridized carbons (Fsp3) is 0.533. The standard InChI is InChI=1S/C15H21BrN2O/c16-14-5-1-3-13(9-14)10-15(19)18-8-6-12-4-2-7-17-11-12/h1,3,5,9,12,17H,2,4,6-8,10-11H2,(H,18,19)/t12-/m1/s1. The molecular formula is C15H21BrN2O. The third-order valence-corrected chi connectivity index (χ3v) is 4.02. The highest BCUT2D eigenvalue weighted by atomic mass is 79.9. The number of nitrogens with one attached hydrogen (secondary N) is 2. The second kappa shape index (κ2) is 7.65. The fourth-order valence-corrected chi connectivity index (χ4v) is 2.93. The van der Waals surface area contributed by atoms with Crippen LogP contribution in [0.3, 0.4) is 0 Å². The van der Waals surface area contributed by atoms with Crippen molar-refractivity contribution in [1.29, 1.82) is 0 Å². The molecule has 2 rings (SSSR count). The van der Waals surface area contributed by atoms with E-state index in [1.54, 1.807) is 0 Å². The SMILES string of the molecule is O=C(Cc1cccc(Br)c1)NCC[C@H]1CCCNC1. The number of benzene rings is 1. The third kappa shape index (κ3) is 5.33. The lowest BCUT2D eigenvalue weighted by atomic mass is 9.96. The summed E-state index contributed by atoms with van der Waals surface area (Å²) in [5.41, 5.74) is 1.05. The van der Waals surface area contributed by atoms with E-state index < -0.39 is 0 Å². The minimum atomic E-state index is 0.113. The van der Waals surface area contributed by atoms with E-state index in [1.165, 1.54) is 12.8 Å². The van der Waals surface area contributed by atoms with Crippen molar-refractivity contribution >= 4 is 21.8 Å². The van der Waals surface area contributed by atoms with E-state index in [-0.39, 0.29) is 5.91 Å². The van der Waals surface area contributed by atoms with E-state index in [0.717, 1.165) is 42.0 Å². The Bertz CT molecular complexity index is 416. The van der Waals surface area contributed by atoms with Crippen LogP contribution in [0.5, 0.6) is 0 Å². The fourth-order valence-electron chi connectivity index (χ4n) is 2.48. The van der Waals surface area contributed by atoms with Gasteiger partial charge in [-0.25, -0.2) is 0 Å². The van der Waals surface area contributed by atoms with Crippen molar-refractivity contribution in [3.63, 3.8) is 0 Å². The zero-order chi connectivity index (χ0) is 13.5. The van der Waals surface area contributed by atoms with E-state index in [1.807, 2.05) is 24.3 Å². The highest BCUT2D eigenvalue weighted by Crippen LogP contribution is 2.13. The lowest BCUT2D eigenvalue weighted by Gasteiger charge is -2.22. The molecule has 1 saturated heterocycles. The Balaban J connectivity index is 1.67. The van der Waals surface area contributed by atoms with Crippen LogP contribution in [0.25, 0.3) is 0 Å². The Labute approximate surface area is 123 Å². The molecule has 0 radical (unpaired) electrons. The van der Waals surface area contributed by atoms with Gasteiger partial charge in [0.05, 0.1) is 6.42 Å². The molecule has 2 N–H and O–H groups in total. The summed E-state index contributed by atoms with van der Waals surface area (Å²) in [5.74, 6) is 0.835. The number of carbonyl (C=O) groups excluding carboxylic acids is 1. The van der Waals surface area contributed by atoms with Crippen LogP contribution < -0.4 is 10.6 Å². The molecule has 1 fully saturated rings. The molecule has 0 saturated carbocycles. The van der Waals surface area contributed by atoms with E-state index in [9.17, 15) is 4.79 Å². The maximum Gasteiger partial charge on any atom is 0.224 e. The molecule has 1 aliphatic heterocycles. The zero-order valence-electron chi connectivity index (χ0n) is 11.1. The summed E-state index contributed by atoms with van der Waals surface area (Å²) in [7, 11) is 0. The lowest BCUT2D eigenvalue weighted by molar-refractivity contribution is -0.120. The van der Waals surface area contributed by atoms with Crippen LogP contribution in [0, 0.1) is 5.92 Å². The van der Waals surface area contributed by atoms with Gasteiger partial charge >= 0.3 is 0 Å². The van der Waals surface area contributed by atoms with E-state index in [2.05, 4.69) is 26.6 Å². The van der Waals surface area contributed by atoms with Gasteiger partial charge in [-0.15, -0.1) is 0 Å². The molecule has 1 heterocycles. The molecule has 19 heavy (non-hydrogen) atoms. The number of hydrogen-bond acceptors (Lipinski definition) is 2. The molecule has 0 unspecified atom stereocenters. The number of rotatable bonds is 5. The molecule has 1 atom stereocenters. The molecule has 104 valence electrons. The van der Waals surface area contributed by atoms with Crippen LogP contribution >= 0.6 is 15.9 Å². The van der Waals surface area contributed by atoms with Crippen LogP contribution in [0.15, 0.2) is 28.7 Å². The average Bonchev–Trinajstić information content (AvgIpc) is 2.40. The normalized spacial score (nSPS) is 19.1. The first-order valence-electron chi connectivity index (χ1n) is 6.96. The van der Waals surface area contributed by atoms with Crippen molar-refractivity contribution < 1.29 is 4.79 Å². The van der Waals surface area contributed by atoms with Gasteiger partial charge in [0, 0.05) is 11.0 Å². The van der Waals surface area contributed by atoms with Gasteiger partial charge in [0.25, 0.3) is 0 Å². The van der Waals surface area contributed by atoms with Crippen molar-refractivity contribution in [3.05, 3.63) is 34.3 Å². The minimum absolute atomic E-state index is 0.113. The Kier molecular flexibility index (Phi) is 5.86. The molecule has 1 aromatic carbocycles. The quantitative estimate of drug-likeness (QED) is 0.873. The van der Waals surface area contributed by atoms with Crippen LogP contribution in [0.4, 0.5) is 0 Å². The highest BCUT2D eigenvalue weighted by molar-refractivity contribution is 9.10. The van der Waals surface area contributed by atoms with Crippen molar-refractivity contribution in [2.24, 2.45) is 5.92 Å². The largest absolute Gasteiger partial charge is 0.356 e. The Morgan fingerprint density at radius 2 is 2.37 bits per heavy atom. The molecule has 0 aromatic heterocycles. The maximum absolute atomic E-state index is 11.8. The number of piperidine rings is 1. The van der Waals surface area contributed by atoms with Crippen molar-refractivity contribution in [2.45, 2.75) is 25.7 Å². The van der Waals surface area contributed by atoms with Gasteiger partial charge in [-0.1, -0.05) is 28.1 Å². The van der Waals surface area contributed by atoms with E-state index in [4.69, 9.17) is 0 Å². The summed E-state index contributed by atoms with van der Waals surface area (Å²) >= 11 is 3.42. The minimum Gasteiger partial charge on any atom is -0.356 e. The Morgan fingerprint density at radius 3 is 3.11 bits per heavy atom. The van der Waals surface area contributed by atoms with Gasteiger partial charge in [0.15, 0.2) is 0 Å². The van der Waals surface area contributed by atoms with Crippen LogP contribution in [-0.2, 0) is 11.2 Å². The van der Waals surface area contributed by atoms with Crippen molar-refractivity contribution in [1.82, 2.24) is 10.6 Å². The number of hydrogen-bond donors (Lipinski definition) is 2. The second-order valence-electron chi connectivity index (χ2n) is 5.16. The van der Waals surface area contributed by atoms with Gasteiger partial charge < -0.3 is 10.6 Å². The number of amides is 1. The predicted octanol–water partition coefficient (Wildman–Crippen LogP) is 2.50. The molecule has 0 spiro atoms. The number of halogens is 1. The summed E-state index contributed by atoms with van der Waals surface area (Å²) in [6, 6.07) is 7.90. The molecule has 1 aliphatic rings. The molecule has 4 heteroatoms. The molecule has 0 bridgehead atoms. The first-order chi connectivity index (χ1) is 9.24. The Hall–Kier alpha value is -0.870. The molecular weight excluding hydrogens is 304 g/mol. The Morgan fingerprint density at radius 1 is 1.47 bits per heavy atom. The summed E-state index contributed by atoms with van der Waals surface area (Å²) in [5, 5.41) is 6.42. The molecule has 1 aromatic rings. The zero-order valence-corrected chi connectivity index (χ0v) is 12.7. The van der Waals surface area contributed by atoms with E-state index in [0.29, 0.717) is 6.42 Å². The summed E-state index contributed by atoms with van der Waals surface area (Å²) in [6.07, 6.45) is 4.09. The topological polar surface area (TPSA) is 41.1 Å². The van der Waals surface area contributed by atoms with Gasteiger partial charge in [0.2, 0.25) is 5.91 Å². The van der Waals surface area contributed by atoms with Gasteiger partial charge in [0.1, 0.15) is 0 Å². The smallest absolute Gasteiger partial charge is 0.224 e. The van der Waals surface area contributed by atoms with Crippen LogP contribution in [0.1, 0.15) is 24.8 Å². The first-order valence-corrected chi connectivity index (χ1v) is 7.75. The molecule has 0 aliphatic carbocycles. The van der Waals surface area contributed by atoms with Gasteiger partial charge in [-0.3, -0.25) is 4.79 Å². The van der Waals surface area contributed by atoms with Crippen molar-refractivity contribution in [2.75, 3.05) is 19.6 Å². The van der Waals surface area contributed by atoms with Crippen molar-refractivity contribution in [3.8, 4) is 0 Å². The molecule has 1 amide bonds. The maximum atomic E-state index is 11.8. The lowest BCUT2D eigenvalue weighted by Crippen LogP contribution is -2.33. The monoisotopic (exact) mass is 324 g/mol. The average molecular weight is 325 g/mol. The second-order valence-corrected chi connectivity index (χ2v) is 6.07. The third-order valence-electron chi connectivity index (χ3n) is 3.53. The highest BCUT2D eigenvalue weighted by Gasteiger charge is 2.12.